The molecule has 0 heterocycles. The molecule has 0 aliphatic carbocycles. The van der Waals surface area contributed by atoms with E-state index in [4.69, 9.17) is 4.74 Å². The van der Waals surface area contributed by atoms with E-state index in [1.807, 2.05) is 48.5 Å². The number of benzene rings is 3. The summed E-state index contributed by atoms with van der Waals surface area (Å²) in [6, 6.07) is 22.1. The molecule has 3 aromatic carbocycles. The lowest BCUT2D eigenvalue weighted by atomic mass is 10.1. The van der Waals surface area contributed by atoms with Crippen LogP contribution in [0.25, 0.3) is 6.08 Å². The summed E-state index contributed by atoms with van der Waals surface area (Å²) in [7, 11) is 1.61. The Hall–Kier alpha value is -3.66. The van der Waals surface area contributed by atoms with Crippen LogP contribution in [-0.4, -0.2) is 38.2 Å². The van der Waals surface area contributed by atoms with Gasteiger partial charge < -0.3 is 15.0 Å². The monoisotopic (exact) mass is 596 g/mol. The summed E-state index contributed by atoms with van der Waals surface area (Å²) in [5.74, 6) is -0.158. The molecule has 0 aliphatic rings. The highest BCUT2D eigenvalue weighted by molar-refractivity contribution is 14.1. The first-order chi connectivity index (χ1) is 17.4. The van der Waals surface area contributed by atoms with Gasteiger partial charge in [0.05, 0.1) is 16.9 Å². The first-order valence-corrected chi connectivity index (χ1v) is 12.6. The second kappa shape index (κ2) is 13.4. The molecule has 0 saturated carbocycles. The smallest absolute Gasteiger partial charge is 0.287 e. The minimum atomic E-state index is -0.536. The molecule has 8 heteroatoms. The first-order valence-electron chi connectivity index (χ1n) is 11.5. The summed E-state index contributed by atoms with van der Waals surface area (Å²) in [6.07, 6.45) is 3.17. The van der Waals surface area contributed by atoms with Crippen LogP contribution < -0.4 is 20.4 Å². The zero-order chi connectivity index (χ0) is 25.9. The predicted molar refractivity (Wildman–Crippen MR) is 153 cm³/mol. The molecule has 2 N–H and O–H groups in total. The van der Waals surface area contributed by atoms with Gasteiger partial charge in [-0.15, -0.1) is 0 Å². The minimum Gasteiger partial charge on any atom is -0.496 e. The number of methoxy groups -OCH3 is 1. The number of amides is 2. The number of anilines is 1. The van der Waals surface area contributed by atoms with Crippen molar-refractivity contribution in [1.29, 1.82) is 0 Å². The van der Waals surface area contributed by atoms with E-state index in [9.17, 15) is 9.59 Å². The van der Waals surface area contributed by atoms with Crippen molar-refractivity contribution in [2.24, 2.45) is 5.10 Å². The number of nitrogens with one attached hydrogen (secondary N) is 2. The van der Waals surface area contributed by atoms with Crippen LogP contribution in [0, 0.1) is 3.57 Å². The van der Waals surface area contributed by atoms with Crippen LogP contribution in [0.2, 0.25) is 0 Å². The van der Waals surface area contributed by atoms with Gasteiger partial charge >= 0.3 is 0 Å². The number of hydrogen-bond acceptors (Lipinski definition) is 5. The molecule has 0 saturated heterocycles. The molecular formula is C28H29IN4O3. The third-order valence-electron chi connectivity index (χ3n) is 5.42. The molecule has 2 amide bonds. The zero-order valence-corrected chi connectivity index (χ0v) is 22.7. The minimum absolute atomic E-state index is 0.0842. The van der Waals surface area contributed by atoms with E-state index in [-0.39, 0.29) is 11.6 Å². The van der Waals surface area contributed by atoms with E-state index >= 15 is 0 Å². The van der Waals surface area contributed by atoms with E-state index in [0.717, 1.165) is 39.2 Å². The van der Waals surface area contributed by atoms with Gasteiger partial charge in [-0.05, 0) is 96.1 Å². The average molecular weight is 596 g/mol. The zero-order valence-electron chi connectivity index (χ0n) is 20.5. The molecule has 0 spiro atoms. The SMILES string of the molecule is CCN(CC)c1ccc(/C=C(/NC(=O)c2ccccc2)C(=O)N/N=C/c2ccc(OC)c(I)c2)cc1. The maximum Gasteiger partial charge on any atom is 0.287 e. The number of carbonyl (C=O) groups excluding carboxylic acids is 2. The van der Waals surface area contributed by atoms with Gasteiger partial charge in [0.1, 0.15) is 11.4 Å². The Labute approximate surface area is 225 Å². The Balaban J connectivity index is 1.81. The molecule has 7 nitrogen and oxygen atoms in total. The highest BCUT2D eigenvalue weighted by atomic mass is 127. The molecule has 0 radical (unpaired) electrons. The van der Waals surface area contributed by atoms with Gasteiger partial charge in [0.2, 0.25) is 0 Å². The molecule has 0 unspecified atom stereocenters. The third kappa shape index (κ3) is 7.42. The van der Waals surface area contributed by atoms with Crippen molar-refractivity contribution < 1.29 is 14.3 Å². The van der Waals surface area contributed by atoms with E-state index in [0.29, 0.717) is 5.56 Å². The molecular weight excluding hydrogens is 567 g/mol. The van der Waals surface area contributed by atoms with Gasteiger partial charge in [-0.2, -0.15) is 5.10 Å². The van der Waals surface area contributed by atoms with Crippen molar-refractivity contribution in [3.63, 3.8) is 0 Å². The van der Waals surface area contributed by atoms with Crippen LogP contribution in [0.3, 0.4) is 0 Å². The Kier molecular flexibility index (Phi) is 10.1. The van der Waals surface area contributed by atoms with Gasteiger partial charge in [-0.1, -0.05) is 30.3 Å². The number of hydrazone groups is 1. The first kappa shape index (κ1) is 26.9. The van der Waals surface area contributed by atoms with Gasteiger partial charge in [0.25, 0.3) is 11.8 Å². The fourth-order valence-corrected chi connectivity index (χ4v) is 4.23. The number of rotatable bonds is 10. The molecule has 3 aromatic rings. The second-order valence-corrected chi connectivity index (χ2v) is 8.90. The molecule has 186 valence electrons. The van der Waals surface area contributed by atoms with Crippen molar-refractivity contribution in [2.45, 2.75) is 13.8 Å². The lowest BCUT2D eigenvalue weighted by Gasteiger charge is -2.20. The Bertz CT molecular complexity index is 1240. The predicted octanol–water partition coefficient (Wildman–Crippen LogP) is 5.07. The topological polar surface area (TPSA) is 83.0 Å². The molecule has 36 heavy (non-hydrogen) atoms. The second-order valence-electron chi connectivity index (χ2n) is 7.74. The summed E-state index contributed by atoms with van der Waals surface area (Å²) in [5, 5.41) is 6.79. The van der Waals surface area contributed by atoms with E-state index < -0.39 is 5.91 Å². The summed E-state index contributed by atoms with van der Waals surface area (Å²) >= 11 is 2.17. The highest BCUT2D eigenvalue weighted by Crippen LogP contribution is 2.21. The number of nitrogens with zero attached hydrogens (tertiary/aromatic N) is 2. The normalized spacial score (nSPS) is 11.3. The summed E-state index contributed by atoms with van der Waals surface area (Å²) in [4.78, 5) is 28.0. The quantitative estimate of drug-likeness (QED) is 0.148. The number of hydrogen-bond donors (Lipinski definition) is 2. The Morgan fingerprint density at radius 2 is 1.64 bits per heavy atom. The number of ether oxygens (including phenoxy) is 1. The summed E-state index contributed by atoms with van der Waals surface area (Å²) < 4.78 is 6.19. The summed E-state index contributed by atoms with van der Waals surface area (Å²) in [6.45, 7) is 6.01. The molecule has 3 rings (SSSR count). The van der Waals surface area contributed by atoms with Gasteiger partial charge in [-0.3, -0.25) is 9.59 Å². The van der Waals surface area contributed by atoms with Crippen molar-refractivity contribution in [2.75, 3.05) is 25.1 Å². The maximum atomic E-state index is 13.0. The van der Waals surface area contributed by atoms with Crippen LogP contribution in [-0.2, 0) is 4.79 Å². The third-order valence-corrected chi connectivity index (χ3v) is 6.26. The van der Waals surface area contributed by atoms with Crippen LogP contribution in [0.1, 0.15) is 35.3 Å². The largest absolute Gasteiger partial charge is 0.496 e. The molecule has 0 bridgehead atoms. The Morgan fingerprint density at radius 3 is 2.25 bits per heavy atom. The van der Waals surface area contributed by atoms with E-state index in [1.165, 1.54) is 6.21 Å². The maximum absolute atomic E-state index is 13.0. The molecule has 0 aromatic heterocycles. The Morgan fingerprint density at radius 1 is 0.972 bits per heavy atom. The molecule has 0 atom stereocenters. The van der Waals surface area contributed by atoms with Crippen LogP contribution in [0.4, 0.5) is 5.69 Å². The number of halogens is 1. The summed E-state index contributed by atoms with van der Waals surface area (Å²) in [5.41, 5.74) is 5.71. The highest BCUT2D eigenvalue weighted by Gasteiger charge is 2.14. The van der Waals surface area contributed by atoms with E-state index in [2.05, 4.69) is 57.2 Å². The van der Waals surface area contributed by atoms with Gasteiger partial charge in [-0.25, -0.2) is 5.43 Å². The molecule has 0 aliphatic heterocycles. The standard InChI is InChI=1S/C28H29IN4O3/c1-4-33(5-2)23-14-11-20(12-15-23)18-25(31-27(34)22-9-7-6-8-10-22)28(35)32-30-19-21-13-16-26(36-3)24(29)17-21/h6-19H,4-5H2,1-3H3,(H,31,34)(H,32,35)/b25-18+,30-19+. The fourth-order valence-electron chi connectivity index (χ4n) is 3.47. The van der Waals surface area contributed by atoms with Gasteiger partial charge in [0.15, 0.2) is 0 Å². The van der Waals surface area contributed by atoms with Crippen molar-refractivity contribution in [3.8, 4) is 5.75 Å². The van der Waals surface area contributed by atoms with Crippen LogP contribution in [0.5, 0.6) is 5.75 Å². The lowest BCUT2D eigenvalue weighted by Crippen LogP contribution is -2.32. The number of carbonyl (C=O) groups is 2. The molecule has 0 fully saturated rings. The van der Waals surface area contributed by atoms with Crippen LogP contribution >= 0.6 is 22.6 Å². The average Bonchev–Trinajstić information content (AvgIpc) is 2.90. The van der Waals surface area contributed by atoms with Crippen molar-refractivity contribution in [3.05, 3.63) is 98.8 Å². The lowest BCUT2D eigenvalue weighted by molar-refractivity contribution is -0.117. The van der Waals surface area contributed by atoms with Crippen LogP contribution in [0.15, 0.2) is 83.6 Å². The van der Waals surface area contributed by atoms with Crippen molar-refractivity contribution in [1.82, 2.24) is 10.7 Å². The van der Waals surface area contributed by atoms with E-state index in [1.54, 1.807) is 37.5 Å². The fraction of sp³-hybridized carbons (Fsp3) is 0.179. The van der Waals surface area contributed by atoms with Gasteiger partial charge in [0, 0.05) is 24.3 Å². The van der Waals surface area contributed by atoms with Crippen molar-refractivity contribution >= 4 is 52.4 Å².